The molecular weight excluding hydrogens is 248 g/mol. The topological polar surface area (TPSA) is 63.8 Å². The van der Waals surface area contributed by atoms with Crippen molar-refractivity contribution in [3.05, 3.63) is 29.8 Å². The normalized spacial score (nSPS) is 19.9. The molecule has 1 atom stereocenters. The molecule has 94 valence electrons. The zero-order chi connectivity index (χ0) is 12.4. The first-order valence-electron chi connectivity index (χ1n) is 5.91. The van der Waals surface area contributed by atoms with Gasteiger partial charge in [-0.2, -0.15) is 16.7 Å². The molecule has 6 heteroatoms. The van der Waals surface area contributed by atoms with E-state index in [1.807, 2.05) is 30.8 Å². The van der Waals surface area contributed by atoms with Crippen molar-refractivity contribution in [3.63, 3.8) is 0 Å². The minimum absolute atomic E-state index is 0.161. The van der Waals surface area contributed by atoms with Crippen LogP contribution in [0.5, 0.6) is 0 Å². The number of hydrogen-bond acceptors (Lipinski definition) is 6. The summed E-state index contributed by atoms with van der Waals surface area (Å²) in [5, 5.41) is 7.40. The fraction of sp³-hybridized carbons (Fsp3) is 0.417. The van der Waals surface area contributed by atoms with Crippen LogP contribution in [-0.4, -0.2) is 33.2 Å². The van der Waals surface area contributed by atoms with E-state index in [9.17, 15) is 0 Å². The third-order valence-electron chi connectivity index (χ3n) is 2.88. The van der Waals surface area contributed by atoms with Gasteiger partial charge in [0.1, 0.15) is 5.69 Å². The monoisotopic (exact) mass is 262 g/mol. The molecule has 18 heavy (non-hydrogen) atoms. The van der Waals surface area contributed by atoms with Crippen LogP contribution in [0, 0.1) is 6.92 Å². The van der Waals surface area contributed by atoms with E-state index in [0.717, 1.165) is 29.3 Å². The Morgan fingerprint density at radius 1 is 1.50 bits per heavy atom. The van der Waals surface area contributed by atoms with Crippen molar-refractivity contribution in [1.82, 2.24) is 20.4 Å². The molecule has 0 spiro atoms. The molecule has 5 nitrogen and oxygen atoms in total. The van der Waals surface area contributed by atoms with Gasteiger partial charge in [-0.1, -0.05) is 11.2 Å². The lowest BCUT2D eigenvalue weighted by atomic mass is 10.2. The Labute approximate surface area is 109 Å². The summed E-state index contributed by atoms with van der Waals surface area (Å²) in [6, 6.07) is 4.06. The molecule has 0 saturated carbocycles. The molecule has 3 heterocycles. The summed E-state index contributed by atoms with van der Waals surface area (Å²) < 4.78 is 5.34. The van der Waals surface area contributed by atoms with Crippen molar-refractivity contribution in [2.45, 2.75) is 13.0 Å². The molecule has 0 radical (unpaired) electrons. The molecule has 1 saturated heterocycles. The average Bonchev–Trinajstić information content (AvgIpc) is 2.90. The van der Waals surface area contributed by atoms with Crippen molar-refractivity contribution in [2.75, 3.05) is 18.1 Å². The van der Waals surface area contributed by atoms with E-state index < -0.39 is 0 Å². The highest BCUT2D eigenvalue weighted by molar-refractivity contribution is 7.99. The Balaban J connectivity index is 1.87. The highest BCUT2D eigenvalue weighted by Gasteiger charge is 2.22. The molecule has 1 N–H and O–H groups in total. The third-order valence-corrected chi connectivity index (χ3v) is 3.94. The number of nitrogens with one attached hydrogen (secondary N) is 1. The van der Waals surface area contributed by atoms with Crippen LogP contribution >= 0.6 is 11.8 Å². The minimum atomic E-state index is 0.161. The standard InChI is InChI=1S/C12H14N4OS/c1-8-3-2-4-14-10(8)11-15-12(17-16-11)9-7-18-6-5-13-9/h2-4,9,13H,5-7H2,1H3. The van der Waals surface area contributed by atoms with E-state index in [2.05, 4.69) is 20.4 Å². The Morgan fingerprint density at radius 3 is 3.22 bits per heavy atom. The van der Waals surface area contributed by atoms with Gasteiger partial charge >= 0.3 is 0 Å². The second-order valence-electron chi connectivity index (χ2n) is 4.21. The maximum Gasteiger partial charge on any atom is 0.244 e. The lowest BCUT2D eigenvalue weighted by Gasteiger charge is -2.19. The predicted molar refractivity (Wildman–Crippen MR) is 70.3 cm³/mol. The molecule has 1 unspecified atom stereocenters. The van der Waals surface area contributed by atoms with Gasteiger partial charge in [0.05, 0.1) is 6.04 Å². The Morgan fingerprint density at radius 2 is 2.44 bits per heavy atom. The fourth-order valence-electron chi connectivity index (χ4n) is 1.92. The lowest BCUT2D eigenvalue weighted by molar-refractivity contribution is 0.342. The SMILES string of the molecule is Cc1cccnc1-c1noc(C2CSCCN2)n1. The molecule has 2 aromatic rings. The summed E-state index contributed by atoms with van der Waals surface area (Å²) in [6.45, 7) is 2.97. The zero-order valence-electron chi connectivity index (χ0n) is 10.1. The first-order valence-corrected chi connectivity index (χ1v) is 7.07. The summed E-state index contributed by atoms with van der Waals surface area (Å²) in [5.74, 6) is 3.34. The fourth-order valence-corrected chi connectivity index (χ4v) is 2.84. The maximum absolute atomic E-state index is 5.34. The van der Waals surface area contributed by atoms with Crippen molar-refractivity contribution in [1.29, 1.82) is 0 Å². The van der Waals surface area contributed by atoms with Gasteiger partial charge < -0.3 is 9.84 Å². The van der Waals surface area contributed by atoms with Gasteiger partial charge in [0.2, 0.25) is 11.7 Å². The molecule has 0 amide bonds. The van der Waals surface area contributed by atoms with E-state index in [4.69, 9.17) is 4.52 Å². The van der Waals surface area contributed by atoms with Crippen LogP contribution in [0.25, 0.3) is 11.5 Å². The number of pyridine rings is 1. The smallest absolute Gasteiger partial charge is 0.244 e. The van der Waals surface area contributed by atoms with Crippen LogP contribution in [0.1, 0.15) is 17.5 Å². The Kier molecular flexibility index (Phi) is 3.29. The number of rotatable bonds is 2. The van der Waals surface area contributed by atoms with Crippen LogP contribution in [-0.2, 0) is 0 Å². The Bertz CT molecular complexity index is 536. The highest BCUT2D eigenvalue weighted by Crippen LogP contribution is 2.23. The van der Waals surface area contributed by atoms with Gasteiger partial charge in [0.15, 0.2) is 0 Å². The molecule has 1 fully saturated rings. The first-order chi connectivity index (χ1) is 8.84. The maximum atomic E-state index is 5.34. The largest absolute Gasteiger partial charge is 0.337 e. The number of aryl methyl sites for hydroxylation is 1. The van der Waals surface area contributed by atoms with Crippen molar-refractivity contribution < 1.29 is 4.52 Å². The zero-order valence-corrected chi connectivity index (χ0v) is 10.9. The Hall–Kier alpha value is -1.40. The second kappa shape index (κ2) is 5.07. The summed E-state index contributed by atoms with van der Waals surface area (Å²) >= 11 is 1.90. The van der Waals surface area contributed by atoms with Gasteiger partial charge in [-0.05, 0) is 18.6 Å². The molecule has 3 rings (SSSR count). The average molecular weight is 262 g/mol. The van der Waals surface area contributed by atoms with Crippen LogP contribution in [0.4, 0.5) is 0 Å². The summed E-state index contributed by atoms with van der Waals surface area (Å²) in [4.78, 5) is 8.75. The van der Waals surface area contributed by atoms with E-state index in [1.54, 1.807) is 6.20 Å². The van der Waals surface area contributed by atoms with Crippen LogP contribution in [0.2, 0.25) is 0 Å². The van der Waals surface area contributed by atoms with E-state index >= 15 is 0 Å². The summed E-state index contributed by atoms with van der Waals surface area (Å²) in [5.41, 5.74) is 1.84. The number of hydrogen-bond donors (Lipinski definition) is 1. The van der Waals surface area contributed by atoms with Gasteiger partial charge in [0, 0.05) is 24.2 Å². The van der Waals surface area contributed by atoms with E-state index in [0.29, 0.717) is 11.7 Å². The van der Waals surface area contributed by atoms with Crippen molar-refractivity contribution in [3.8, 4) is 11.5 Å². The molecule has 1 aliphatic heterocycles. The van der Waals surface area contributed by atoms with Crippen LogP contribution in [0.3, 0.4) is 0 Å². The first kappa shape index (κ1) is 11.7. The molecule has 2 aromatic heterocycles. The number of aromatic nitrogens is 3. The molecule has 0 aromatic carbocycles. The van der Waals surface area contributed by atoms with Gasteiger partial charge in [-0.15, -0.1) is 0 Å². The van der Waals surface area contributed by atoms with E-state index in [1.165, 1.54) is 0 Å². The molecular formula is C12H14N4OS. The quantitative estimate of drug-likeness (QED) is 0.890. The number of thioether (sulfide) groups is 1. The summed E-state index contributed by atoms with van der Waals surface area (Å²) in [6.07, 6.45) is 1.74. The molecule has 0 bridgehead atoms. The third kappa shape index (κ3) is 2.26. The van der Waals surface area contributed by atoms with Crippen molar-refractivity contribution in [2.24, 2.45) is 0 Å². The second-order valence-corrected chi connectivity index (χ2v) is 5.36. The minimum Gasteiger partial charge on any atom is -0.337 e. The number of nitrogens with zero attached hydrogens (tertiary/aromatic N) is 3. The van der Waals surface area contributed by atoms with Crippen molar-refractivity contribution >= 4 is 11.8 Å². The predicted octanol–water partition coefficient (Wildman–Crippen LogP) is 1.82. The highest BCUT2D eigenvalue weighted by atomic mass is 32.2. The summed E-state index contributed by atoms with van der Waals surface area (Å²) in [7, 11) is 0. The lowest BCUT2D eigenvalue weighted by Crippen LogP contribution is -2.30. The van der Waals surface area contributed by atoms with Gasteiger partial charge in [0.25, 0.3) is 0 Å². The molecule has 0 aliphatic carbocycles. The molecule has 1 aliphatic rings. The van der Waals surface area contributed by atoms with Crippen LogP contribution < -0.4 is 5.32 Å². The van der Waals surface area contributed by atoms with Gasteiger partial charge in [-0.25, -0.2) is 0 Å². The van der Waals surface area contributed by atoms with E-state index in [-0.39, 0.29) is 6.04 Å². The van der Waals surface area contributed by atoms with Crippen LogP contribution in [0.15, 0.2) is 22.9 Å². The van der Waals surface area contributed by atoms with Gasteiger partial charge in [-0.3, -0.25) is 4.98 Å².